The van der Waals surface area contributed by atoms with Crippen LogP contribution in [-0.4, -0.2) is 53.3 Å². The van der Waals surface area contributed by atoms with Crippen molar-refractivity contribution in [1.29, 1.82) is 0 Å². The molecule has 0 spiro atoms. The van der Waals surface area contributed by atoms with E-state index in [1.165, 1.54) is 16.6 Å². The minimum Gasteiger partial charge on any atom is -0.598 e. The van der Waals surface area contributed by atoms with Gasteiger partial charge >= 0.3 is 5.97 Å². The maximum Gasteiger partial charge on any atom is 0.356 e. The normalized spacial score (nSPS) is 15.8. The van der Waals surface area contributed by atoms with Crippen LogP contribution in [0.3, 0.4) is 0 Å². The van der Waals surface area contributed by atoms with E-state index in [4.69, 9.17) is 14.1 Å². The highest BCUT2D eigenvalue weighted by molar-refractivity contribution is 7.89. The van der Waals surface area contributed by atoms with Crippen molar-refractivity contribution in [3.05, 3.63) is 132 Å². The lowest BCUT2D eigenvalue weighted by Crippen LogP contribution is -2.66. The number of hydrogen-bond acceptors (Lipinski definition) is 7. The summed E-state index contributed by atoms with van der Waals surface area (Å²) in [7, 11) is -2.83. The Hall–Kier alpha value is -4.12. The number of nitrogens with zero attached hydrogens (tertiary/aromatic N) is 3. The summed E-state index contributed by atoms with van der Waals surface area (Å²) in [5.41, 5.74) is 5.59. The molecule has 0 saturated carbocycles. The van der Waals surface area contributed by atoms with Gasteiger partial charge in [-0.2, -0.15) is 0 Å². The summed E-state index contributed by atoms with van der Waals surface area (Å²) >= 11 is -1.26. The number of carbonyl (C=O) groups excluding carboxylic acids is 1. The number of aromatic nitrogens is 1. The van der Waals surface area contributed by atoms with Crippen LogP contribution in [-0.2, 0) is 27.1 Å². The zero-order valence-electron chi connectivity index (χ0n) is 32.0. The Labute approximate surface area is 320 Å². The van der Waals surface area contributed by atoms with E-state index in [2.05, 4.69) is 110 Å². The third-order valence-corrected chi connectivity index (χ3v) is 16.4. The molecule has 3 aromatic carbocycles. The number of pyridine rings is 1. The number of carbonyl (C=O) groups is 1. The van der Waals surface area contributed by atoms with Crippen LogP contribution in [0.1, 0.15) is 94.0 Å². The number of allylic oxidation sites excluding steroid dienone is 2. The number of esters is 1. The molecule has 278 valence electrons. The molecule has 9 heteroatoms. The van der Waals surface area contributed by atoms with Gasteiger partial charge in [-0.05, 0) is 70.9 Å². The van der Waals surface area contributed by atoms with Crippen LogP contribution < -0.4 is 10.4 Å². The Morgan fingerprint density at radius 3 is 2.30 bits per heavy atom. The molecule has 5 rings (SSSR count). The first-order valence-corrected chi connectivity index (χ1v) is 21.8. The van der Waals surface area contributed by atoms with E-state index in [1.54, 1.807) is 13.1 Å². The maximum atomic E-state index is 14.2. The van der Waals surface area contributed by atoms with Gasteiger partial charge in [0.1, 0.15) is 11.4 Å². The molecular weight excluding hydrogens is 695 g/mol. The lowest BCUT2D eigenvalue weighted by molar-refractivity contribution is 0.0519. The van der Waals surface area contributed by atoms with Gasteiger partial charge in [0.2, 0.25) is 0 Å². The van der Waals surface area contributed by atoms with E-state index in [1.807, 2.05) is 37.3 Å². The zero-order chi connectivity index (χ0) is 38.0. The highest BCUT2D eigenvalue weighted by Gasteiger charge is 2.50. The van der Waals surface area contributed by atoms with Gasteiger partial charge in [0.15, 0.2) is 0 Å². The predicted molar refractivity (Wildman–Crippen MR) is 222 cm³/mol. The first-order chi connectivity index (χ1) is 25.6. The molecule has 0 bridgehead atoms. The average Bonchev–Trinajstić information content (AvgIpc) is 3.54. The van der Waals surface area contributed by atoms with Crippen LogP contribution in [0.5, 0.6) is 0 Å². The fraction of sp³-hybridized carbons (Fsp3) is 0.341. The lowest BCUT2D eigenvalue weighted by atomic mass is 9.94. The maximum absolute atomic E-state index is 14.2. The molecule has 0 amide bonds. The zero-order valence-corrected chi connectivity index (χ0v) is 33.8. The molecule has 0 aliphatic carbocycles. The summed E-state index contributed by atoms with van der Waals surface area (Å²) in [4.78, 5) is 22.5. The second-order valence-electron chi connectivity index (χ2n) is 14.2. The van der Waals surface area contributed by atoms with E-state index in [0.29, 0.717) is 31.0 Å². The Kier molecular flexibility index (Phi) is 13.8. The van der Waals surface area contributed by atoms with Crippen LogP contribution in [0.15, 0.2) is 115 Å². The molecule has 1 unspecified atom stereocenters. The number of hydrogen-bond donors (Lipinski definition) is 0. The van der Waals surface area contributed by atoms with Gasteiger partial charge in [0.25, 0.3) is 8.32 Å². The Bertz CT molecular complexity index is 1870. The molecule has 0 N–H and O–H groups in total. The standard InChI is InChI=1S/C44H53N3O4SSi/c1-8-12-28-52(49)47-32-36-30-39(43(48)50-11-4)46-42(35-21-19-20-34(29-35)33(9-2)31-45-10-3)41(36)40(47)26-27-51-53(44(5,6)7,37-22-15-13-16-23-37)38-24-17-14-18-25-38/h9-10,13-25,29-31,40H,3,8,11-12,26-28,32H2,1-2,4-7H3/b33-9+,45-31?/t40-,52?/m1/s1. The summed E-state index contributed by atoms with van der Waals surface area (Å²) in [6.07, 6.45) is 7.69. The molecule has 1 aromatic heterocycles. The van der Waals surface area contributed by atoms with Crippen molar-refractivity contribution >= 4 is 47.8 Å². The molecule has 0 fully saturated rings. The van der Waals surface area contributed by atoms with Gasteiger partial charge in [-0.25, -0.2) is 9.78 Å². The smallest absolute Gasteiger partial charge is 0.356 e. The largest absolute Gasteiger partial charge is 0.598 e. The second-order valence-corrected chi connectivity index (χ2v) is 20.0. The van der Waals surface area contributed by atoms with Crippen molar-refractivity contribution in [3.8, 4) is 11.3 Å². The summed E-state index contributed by atoms with van der Waals surface area (Å²) in [5.74, 6) is 0.0874. The second kappa shape index (κ2) is 18.3. The van der Waals surface area contributed by atoms with Crippen molar-refractivity contribution in [1.82, 2.24) is 9.29 Å². The fourth-order valence-corrected chi connectivity index (χ4v) is 13.5. The topological polar surface area (TPSA) is 87.1 Å². The lowest BCUT2D eigenvalue weighted by Gasteiger charge is -2.43. The van der Waals surface area contributed by atoms with Crippen molar-refractivity contribution in [2.24, 2.45) is 4.99 Å². The Morgan fingerprint density at radius 2 is 1.72 bits per heavy atom. The summed E-state index contributed by atoms with van der Waals surface area (Å²) in [6, 6.07) is 31.0. The van der Waals surface area contributed by atoms with Gasteiger partial charge in [-0.3, -0.25) is 4.99 Å². The third-order valence-electron chi connectivity index (χ3n) is 9.80. The van der Waals surface area contributed by atoms with Crippen LogP contribution in [0.25, 0.3) is 16.8 Å². The monoisotopic (exact) mass is 747 g/mol. The third kappa shape index (κ3) is 8.82. The van der Waals surface area contributed by atoms with E-state index in [0.717, 1.165) is 40.7 Å². The van der Waals surface area contributed by atoms with E-state index in [-0.39, 0.29) is 23.4 Å². The molecule has 2 atom stereocenters. The Balaban J connectivity index is 1.64. The molecule has 7 nitrogen and oxygen atoms in total. The molecular formula is C44H53N3O4SSi. The van der Waals surface area contributed by atoms with Crippen molar-refractivity contribution in [3.63, 3.8) is 0 Å². The van der Waals surface area contributed by atoms with Crippen LogP contribution in [0, 0.1) is 0 Å². The summed E-state index contributed by atoms with van der Waals surface area (Å²) < 4.78 is 29.1. The highest BCUT2D eigenvalue weighted by atomic mass is 32.2. The number of fused-ring (bicyclic) bond motifs is 1. The van der Waals surface area contributed by atoms with E-state index in [9.17, 15) is 9.35 Å². The number of rotatable bonds is 16. The van der Waals surface area contributed by atoms with Gasteiger partial charge in [0, 0.05) is 41.5 Å². The molecule has 1 aliphatic heterocycles. The SMILES string of the molecule is C=CN=C/C(=C\C)c1cccc(-c2nc(C(=O)OCC)cc3c2[C@@H](CCO[Si](c2ccccc2)(c2ccccc2)C(C)(C)C)N([S+]([O-])CCCC)C3)c1. The molecule has 0 radical (unpaired) electrons. The molecule has 0 saturated heterocycles. The quantitative estimate of drug-likeness (QED) is 0.0493. The fourth-order valence-electron chi connectivity index (χ4n) is 7.33. The van der Waals surface area contributed by atoms with Crippen molar-refractivity contribution in [2.45, 2.75) is 78.4 Å². The van der Waals surface area contributed by atoms with Crippen LogP contribution in [0.2, 0.25) is 5.04 Å². The summed E-state index contributed by atoms with van der Waals surface area (Å²) in [5, 5.41) is 2.24. The van der Waals surface area contributed by atoms with Crippen molar-refractivity contribution in [2.75, 3.05) is 19.0 Å². The first kappa shape index (κ1) is 40.1. The van der Waals surface area contributed by atoms with Crippen molar-refractivity contribution < 1.29 is 18.5 Å². The molecule has 4 aromatic rings. The number of aliphatic imine (C=N–C) groups is 1. The minimum absolute atomic E-state index is 0.186. The predicted octanol–water partition coefficient (Wildman–Crippen LogP) is 8.83. The van der Waals surface area contributed by atoms with Crippen LogP contribution in [0.4, 0.5) is 0 Å². The molecule has 1 aliphatic rings. The average molecular weight is 748 g/mol. The highest BCUT2D eigenvalue weighted by Crippen LogP contribution is 2.45. The molecule has 53 heavy (non-hydrogen) atoms. The van der Waals surface area contributed by atoms with Gasteiger partial charge in [-0.15, -0.1) is 4.31 Å². The van der Waals surface area contributed by atoms with Gasteiger partial charge < -0.3 is 13.7 Å². The summed E-state index contributed by atoms with van der Waals surface area (Å²) in [6.45, 7) is 17.6. The van der Waals surface area contributed by atoms with E-state index < -0.39 is 25.6 Å². The molecule has 2 heterocycles. The number of unbranched alkanes of at least 4 members (excludes halogenated alkanes) is 1. The Morgan fingerprint density at radius 1 is 1.04 bits per heavy atom. The van der Waals surface area contributed by atoms with Crippen LogP contribution >= 0.6 is 0 Å². The van der Waals surface area contributed by atoms with Gasteiger partial charge in [-0.1, -0.05) is 126 Å². The minimum atomic E-state index is -2.83. The van der Waals surface area contributed by atoms with E-state index >= 15 is 0 Å². The first-order valence-electron chi connectivity index (χ1n) is 18.6. The number of benzene rings is 3. The number of ether oxygens (including phenoxy) is 1. The van der Waals surface area contributed by atoms with Gasteiger partial charge in [0.05, 0.1) is 24.9 Å².